The van der Waals surface area contributed by atoms with Gasteiger partial charge in [-0.05, 0) is 18.3 Å². The summed E-state index contributed by atoms with van der Waals surface area (Å²) in [6.45, 7) is 0.406. The molecule has 0 aromatic carbocycles. The number of H-pyrrole nitrogens is 1. The molecule has 0 radical (unpaired) electrons. The van der Waals surface area contributed by atoms with E-state index in [1.807, 2.05) is 0 Å². The minimum Gasteiger partial charge on any atom is -0.282 e. The Morgan fingerprint density at radius 2 is 1.85 bits per heavy atom. The molecule has 108 valence electrons. The predicted molar refractivity (Wildman–Crippen MR) is 71.6 cm³/mol. The molecule has 0 bridgehead atoms. The molecule has 3 rings (SSSR count). The van der Waals surface area contributed by atoms with E-state index < -0.39 is 0 Å². The van der Waals surface area contributed by atoms with Gasteiger partial charge in [-0.25, -0.2) is 4.98 Å². The Bertz CT molecular complexity index is 471. The highest BCUT2D eigenvalue weighted by atomic mass is 16.2. The first-order valence-electron chi connectivity index (χ1n) is 7.36. The van der Waals surface area contributed by atoms with Crippen molar-refractivity contribution in [2.24, 2.45) is 5.41 Å². The first kappa shape index (κ1) is 13.3. The van der Waals surface area contributed by atoms with Gasteiger partial charge < -0.3 is 0 Å². The number of nitrogens with one attached hydrogen (secondary N) is 1. The van der Waals surface area contributed by atoms with E-state index in [2.05, 4.69) is 15.2 Å². The maximum absolute atomic E-state index is 12.3. The van der Waals surface area contributed by atoms with Crippen molar-refractivity contribution in [3.63, 3.8) is 0 Å². The van der Waals surface area contributed by atoms with E-state index in [1.165, 1.54) is 17.6 Å². The van der Waals surface area contributed by atoms with Crippen molar-refractivity contribution < 1.29 is 9.59 Å². The average molecular weight is 276 g/mol. The second-order valence-corrected chi connectivity index (χ2v) is 6.04. The lowest BCUT2D eigenvalue weighted by molar-refractivity contribution is -0.154. The average Bonchev–Trinajstić information content (AvgIpc) is 2.91. The number of likely N-dealkylation sites (tertiary alicyclic amines) is 1. The molecule has 2 fully saturated rings. The first-order valence-corrected chi connectivity index (χ1v) is 7.36. The third kappa shape index (κ3) is 2.59. The number of carbonyl (C=O) groups is 2. The summed E-state index contributed by atoms with van der Waals surface area (Å²) < 4.78 is 0. The van der Waals surface area contributed by atoms with E-state index in [0.29, 0.717) is 31.6 Å². The van der Waals surface area contributed by atoms with E-state index in [4.69, 9.17) is 0 Å². The van der Waals surface area contributed by atoms with Gasteiger partial charge in [0.1, 0.15) is 12.2 Å². The van der Waals surface area contributed by atoms with Crippen LogP contribution >= 0.6 is 0 Å². The molecule has 6 heteroatoms. The fourth-order valence-corrected chi connectivity index (χ4v) is 3.51. The number of aromatic amines is 1. The number of carbonyl (C=O) groups excluding carboxylic acids is 2. The highest BCUT2D eigenvalue weighted by Crippen LogP contribution is 2.45. The topological polar surface area (TPSA) is 79.0 Å². The second-order valence-electron chi connectivity index (χ2n) is 6.04. The molecule has 2 aliphatic rings. The van der Waals surface area contributed by atoms with Gasteiger partial charge in [0.05, 0.1) is 0 Å². The Hall–Kier alpha value is -1.72. The summed E-state index contributed by atoms with van der Waals surface area (Å²) in [5, 5.41) is 6.52. The third-order valence-corrected chi connectivity index (χ3v) is 4.61. The number of hydrogen-bond donors (Lipinski definition) is 1. The maximum atomic E-state index is 12.3. The van der Waals surface area contributed by atoms with Gasteiger partial charge in [-0.1, -0.05) is 19.3 Å². The van der Waals surface area contributed by atoms with Crippen LogP contribution in [0.5, 0.6) is 0 Å². The zero-order chi connectivity index (χ0) is 14.0. The number of nitrogens with zero attached hydrogens (tertiary/aromatic N) is 3. The van der Waals surface area contributed by atoms with Crippen molar-refractivity contribution in [1.82, 2.24) is 20.1 Å². The monoisotopic (exact) mass is 276 g/mol. The molecular weight excluding hydrogens is 256 g/mol. The summed E-state index contributed by atoms with van der Waals surface area (Å²) in [4.78, 5) is 30.0. The van der Waals surface area contributed by atoms with Crippen molar-refractivity contribution in [2.45, 2.75) is 51.4 Å². The summed E-state index contributed by atoms with van der Waals surface area (Å²) in [7, 11) is 0. The molecule has 1 aromatic heterocycles. The van der Waals surface area contributed by atoms with Crippen LogP contribution in [0.4, 0.5) is 0 Å². The first-order chi connectivity index (χ1) is 9.69. The highest BCUT2D eigenvalue weighted by Gasteiger charge is 2.43. The standard InChI is InChI=1S/C14H20N4O2/c19-12-8-14(5-2-1-3-6-14)9-13(20)18(12)7-4-11-15-10-16-17-11/h10H,1-9H2,(H,15,16,17). The number of aromatic nitrogens is 3. The van der Waals surface area contributed by atoms with Crippen LogP contribution in [0.1, 0.15) is 50.8 Å². The SMILES string of the molecule is O=C1CC2(CCCCC2)CC(=O)N1CCc1ncn[nH]1. The Kier molecular flexibility index (Phi) is 3.54. The molecule has 20 heavy (non-hydrogen) atoms. The predicted octanol–water partition coefficient (Wildman–Crippen LogP) is 1.45. The molecule has 2 heterocycles. The van der Waals surface area contributed by atoms with Crippen LogP contribution in [0.15, 0.2) is 6.33 Å². The van der Waals surface area contributed by atoms with Crippen LogP contribution in [-0.4, -0.2) is 38.4 Å². The Morgan fingerprint density at radius 1 is 1.15 bits per heavy atom. The number of imide groups is 1. The smallest absolute Gasteiger partial charge is 0.229 e. The summed E-state index contributed by atoms with van der Waals surface area (Å²) in [6, 6.07) is 0. The lowest BCUT2D eigenvalue weighted by atomic mass is 9.67. The molecule has 0 atom stereocenters. The fourth-order valence-electron chi connectivity index (χ4n) is 3.51. The van der Waals surface area contributed by atoms with Crippen molar-refractivity contribution in [3.8, 4) is 0 Å². The molecule has 2 amide bonds. The number of piperidine rings is 1. The highest BCUT2D eigenvalue weighted by molar-refractivity contribution is 5.98. The van der Waals surface area contributed by atoms with Gasteiger partial charge in [0.15, 0.2) is 0 Å². The minimum absolute atomic E-state index is 0.0114. The maximum Gasteiger partial charge on any atom is 0.229 e. The summed E-state index contributed by atoms with van der Waals surface area (Å²) in [6.07, 6.45) is 8.65. The van der Waals surface area contributed by atoms with Crippen LogP contribution in [0.2, 0.25) is 0 Å². The van der Waals surface area contributed by atoms with Crippen LogP contribution in [0.25, 0.3) is 0 Å². The van der Waals surface area contributed by atoms with Gasteiger partial charge in [-0.15, -0.1) is 0 Å². The van der Waals surface area contributed by atoms with Crippen molar-refractivity contribution in [1.29, 1.82) is 0 Å². The Balaban J connectivity index is 1.63. The van der Waals surface area contributed by atoms with Gasteiger partial charge in [-0.3, -0.25) is 19.6 Å². The molecule has 1 aromatic rings. The molecule has 1 N–H and O–H groups in total. The van der Waals surface area contributed by atoms with Crippen LogP contribution in [0, 0.1) is 5.41 Å². The summed E-state index contributed by atoms with van der Waals surface area (Å²) in [5.41, 5.74) is -0.0326. The lowest BCUT2D eigenvalue weighted by Crippen LogP contribution is -2.49. The fraction of sp³-hybridized carbons (Fsp3) is 0.714. The van der Waals surface area contributed by atoms with E-state index in [1.54, 1.807) is 0 Å². The van der Waals surface area contributed by atoms with Gasteiger partial charge >= 0.3 is 0 Å². The summed E-state index contributed by atoms with van der Waals surface area (Å²) >= 11 is 0. The Morgan fingerprint density at radius 3 is 2.45 bits per heavy atom. The molecular formula is C14H20N4O2. The number of rotatable bonds is 3. The summed E-state index contributed by atoms with van der Waals surface area (Å²) in [5.74, 6) is 0.689. The van der Waals surface area contributed by atoms with Gasteiger partial charge in [0, 0.05) is 25.8 Å². The van der Waals surface area contributed by atoms with Gasteiger partial charge in [-0.2, -0.15) is 5.10 Å². The number of hydrogen-bond acceptors (Lipinski definition) is 4. The van der Waals surface area contributed by atoms with Gasteiger partial charge in [0.25, 0.3) is 0 Å². The number of amides is 2. The van der Waals surface area contributed by atoms with E-state index in [-0.39, 0.29) is 17.2 Å². The zero-order valence-electron chi connectivity index (χ0n) is 11.6. The molecule has 1 aliphatic heterocycles. The molecule has 1 saturated heterocycles. The third-order valence-electron chi connectivity index (χ3n) is 4.61. The normalized spacial score (nSPS) is 22.5. The molecule has 6 nitrogen and oxygen atoms in total. The van der Waals surface area contributed by atoms with Crippen molar-refractivity contribution in [2.75, 3.05) is 6.54 Å². The van der Waals surface area contributed by atoms with E-state index in [0.717, 1.165) is 25.7 Å². The second kappa shape index (κ2) is 5.34. The van der Waals surface area contributed by atoms with Crippen LogP contribution in [0.3, 0.4) is 0 Å². The minimum atomic E-state index is -0.0326. The molecule has 0 unspecified atom stereocenters. The lowest BCUT2D eigenvalue weighted by Gasteiger charge is -2.42. The molecule has 1 spiro atoms. The molecule has 1 saturated carbocycles. The van der Waals surface area contributed by atoms with Gasteiger partial charge in [0.2, 0.25) is 11.8 Å². The Labute approximate surface area is 117 Å². The van der Waals surface area contributed by atoms with Crippen LogP contribution in [-0.2, 0) is 16.0 Å². The zero-order valence-corrected chi connectivity index (χ0v) is 11.6. The van der Waals surface area contributed by atoms with Crippen molar-refractivity contribution >= 4 is 11.8 Å². The van der Waals surface area contributed by atoms with E-state index in [9.17, 15) is 9.59 Å². The van der Waals surface area contributed by atoms with E-state index >= 15 is 0 Å². The van der Waals surface area contributed by atoms with Crippen molar-refractivity contribution in [3.05, 3.63) is 12.2 Å². The quantitative estimate of drug-likeness (QED) is 0.847. The van der Waals surface area contributed by atoms with Crippen LogP contribution < -0.4 is 0 Å². The largest absolute Gasteiger partial charge is 0.282 e. The molecule has 1 aliphatic carbocycles.